The van der Waals surface area contributed by atoms with E-state index in [4.69, 9.17) is 5.11 Å². The molecule has 1 heterocycles. The van der Waals surface area contributed by atoms with E-state index in [1.54, 1.807) is 11.3 Å². The summed E-state index contributed by atoms with van der Waals surface area (Å²) in [5.74, 6) is -0.392. The van der Waals surface area contributed by atoms with Crippen LogP contribution in [0.5, 0.6) is 0 Å². The van der Waals surface area contributed by atoms with E-state index in [-0.39, 0.29) is 6.04 Å². The van der Waals surface area contributed by atoms with E-state index in [0.29, 0.717) is 12.5 Å². The third-order valence-electron chi connectivity index (χ3n) is 2.76. The highest BCUT2D eigenvalue weighted by Gasteiger charge is 2.35. The smallest absolute Gasteiger partial charge is 0.320 e. The lowest BCUT2D eigenvalue weighted by molar-refractivity contribution is -0.140. The minimum atomic E-state index is -0.727. The molecule has 0 aliphatic heterocycles. The zero-order valence-electron chi connectivity index (χ0n) is 9.00. The maximum Gasteiger partial charge on any atom is 0.320 e. The Bertz CT molecular complexity index is 381. The first kappa shape index (κ1) is 12.1. The average Bonchev–Trinajstić information content (AvgIpc) is 2.96. The molecule has 1 aliphatic rings. The number of rotatable bonds is 5. The van der Waals surface area contributed by atoms with Gasteiger partial charge in [0.1, 0.15) is 6.04 Å². The van der Waals surface area contributed by atoms with E-state index in [1.165, 1.54) is 9.75 Å². The van der Waals surface area contributed by atoms with E-state index in [2.05, 4.69) is 27.3 Å². The van der Waals surface area contributed by atoms with Crippen LogP contribution in [0.2, 0.25) is 0 Å². The third kappa shape index (κ3) is 2.84. The Morgan fingerprint density at radius 1 is 1.75 bits per heavy atom. The molecule has 16 heavy (non-hydrogen) atoms. The fraction of sp³-hybridized carbons (Fsp3) is 0.545. The molecule has 0 aromatic carbocycles. The molecule has 88 valence electrons. The SMILES string of the molecule is Cc1sc(CNC(C(=O)O)C2CC2)cc1Br. The van der Waals surface area contributed by atoms with Crippen molar-refractivity contribution in [3.05, 3.63) is 20.3 Å². The summed E-state index contributed by atoms with van der Waals surface area (Å²) >= 11 is 5.16. The highest BCUT2D eigenvalue weighted by Crippen LogP contribution is 2.33. The molecule has 0 spiro atoms. The van der Waals surface area contributed by atoms with Crippen LogP contribution in [0.15, 0.2) is 10.5 Å². The first-order valence-corrected chi connectivity index (χ1v) is 6.90. The van der Waals surface area contributed by atoms with Gasteiger partial charge in [-0.2, -0.15) is 0 Å². The number of aryl methyl sites for hydroxylation is 1. The normalized spacial score (nSPS) is 17.4. The second-order valence-electron chi connectivity index (χ2n) is 4.15. The topological polar surface area (TPSA) is 49.3 Å². The molecule has 5 heteroatoms. The number of hydrogen-bond acceptors (Lipinski definition) is 3. The maximum absolute atomic E-state index is 11.0. The number of carbonyl (C=O) groups is 1. The van der Waals surface area contributed by atoms with Gasteiger partial charge in [-0.1, -0.05) is 0 Å². The summed E-state index contributed by atoms with van der Waals surface area (Å²) in [4.78, 5) is 13.4. The summed E-state index contributed by atoms with van der Waals surface area (Å²) in [6, 6.07) is 1.68. The van der Waals surface area contributed by atoms with Crippen molar-refractivity contribution < 1.29 is 9.90 Å². The predicted molar refractivity (Wildman–Crippen MR) is 67.7 cm³/mol. The molecule has 2 N–H and O–H groups in total. The van der Waals surface area contributed by atoms with Crippen LogP contribution in [0.4, 0.5) is 0 Å². The van der Waals surface area contributed by atoms with Crippen LogP contribution >= 0.6 is 27.3 Å². The summed E-state index contributed by atoms with van der Waals surface area (Å²) in [5, 5.41) is 12.2. The van der Waals surface area contributed by atoms with Crippen LogP contribution in [0.3, 0.4) is 0 Å². The summed E-state index contributed by atoms with van der Waals surface area (Å²) < 4.78 is 1.10. The number of thiophene rings is 1. The van der Waals surface area contributed by atoms with Gasteiger partial charge in [0, 0.05) is 20.8 Å². The molecular formula is C11H14BrNO2S. The highest BCUT2D eigenvalue weighted by molar-refractivity contribution is 9.10. The van der Waals surface area contributed by atoms with Crippen LogP contribution in [0.1, 0.15) is 22.6 Å². The molecule has 1 aromatic heterocycles. The molecule has 1 unspecified atom stereocenters. The Morgan fingerprint density at radius 2 is 2.44 bits per heavy atom. The second-order valence-corrected chi connectivity index (χ2v) is 6.35. The number of carboxylic acids is 1. The number of halogens is 1. The lowest BCUT2D eigenvalue weighted by Gasteiger charge is -2.12. The molecular weight excluding hydrogens is 290 g/mol. The minimum Gasteiger partial charge on any atom is -0.480 e. The van der Waals surface area contributed by atoms with Gasteiger partial charge < -0.3 is 5.11 Å². The lowest BCUT2D eigenvalue weighted by atomic mass is 10.2. The number of nitrogens with one attached hydrogen (secondary N) is 1. The van der Waals surface area contributed by atoms with E-state index >= 15 is 0 Å². The Kier molecular flexibility index (Phi) is 3.66. The standard InChI is InChI=1S/C11H14BrNO2S/c1-6-9(12)4-8(16-6)5-13-10(11(14)15)7-2-3-7/h4,7,10,13H,2-3,5H2,1H3,(H,14,15). The van der Waals surface area contributed by atoms with Gasteiger partial charge in [-0.3, -0.25) is 10.1 Å². The summed E-state index contributed by atoms with van der Waals surface area (Å²) in [6.45, 7) is 2.69. The second kappa shape index (κ2) is 4.85. The largest absolute Gasteiger partial charge is 0.480 e. The Morgan fingerprint density at radius 3 is 2.88 bits per heavy atom. The number of aliphatic carboxylic acids is 1. The quantitative estimate of drug-likeness (QED) is 0.879. The zero-order chi connectivity index (χ0) is 11.7. The van der Waals surface area contributed by atoms with Crippen molar-refractivity contribution in [2.45, 2.75) is 32.4 Å². The van der Waals surface area contributed by atoms with E-state index in [9.17, 15) is 4.79 Å². The summed E-state index contributed by atoms with van der Waals surface area (Å²) in [7, 11) is 0. The minimum absolute atomic E-state index is 0.335. The van der Waals surface area contributed by atoms with Gasteiger partial charge in [-0.25, -0.2) is 0 Å². The van der Waals surface area contributed by atoms with Gasteiger partial charge >= 0.3 is 5.97 Å². The Balaban J connectivity index is 1.92. The Labute approximate surface area is 107 Å². The molecule has 3 nitrogen and oxygen atoms in total. The molecule has 1 atom stereocenters. The van der Waals surface area contributed by atoms with Crippen LogP contribution in [-0.2, 0) is 11.3 Å². The first-order chi connectivity index (χ1) is 7.58. The van der Waals surface area contributed by atoms with Crippen molar-refractivity contribution in [2.75, 3.05) is 0 Å². The van der Waals surface area contributed by atoms with E-state index in [1.807, 2.05) is 6.92 Å². The van der Waals surface area contributed by atoms with Crippen LogP contribution < -0.4 is 5.32 Å². The average molecular weight is 304 g/mol. The monoisotopic (exact) mass is 303 g/mol. The zero-order valence-corrected chi connectivity index (χ0v) is 11.4. The predicted octanol–water partition coefficient (Wildman–Crippen LogP) is 2.77. The van der Waals surface area contributed by atoms with Gasteiger partial charge in [0.15, 0.2) is 0 Å². The van der Waals surface area contributed by atoms with Gasteiger partial charge in [0.2, 0.25) is 0 Å². The van der Waals surface area contributed by atoms with Crippen molar-refractivity contribution in [3.63, 3.8) is 0 Å². The van der Waals surface area contributed by atoms with E-state index in [0.717, 1.165) is 17.3 Å². The molecule has 0 radical (unpaired) electrons. The third-order valence-corrected chi connectivity index (χ3v) is 4.90. The van der Waals surface area contributed by atoms with Crippen LogP contribution in [-0.4, -0.2) is 17.1 Å². The van der Waals surface area contributed by atoms with Crippen LogP contribution in [0, 0.1) is 12.8 Å². The lowest BCUT2D eigenvalue weighted by Crippen LogP contribution is -2.37. The molecule has 0 bridgehead atoms. The van der Waals surface area contributed by atoms with Gasteiger partial charge in [0.05, 0.1) is 0 Å². The van der Waals surface area contributed by atoms with Crippen molar-refractivity contribution in [1.29, 1.82) is 0 Å². The highest BCUT2D eigenvalue weighted by atomic mass is 79.9. The number of carboxylic acid groups (broad SMARTS) is 1. The fourth-order valence-corrected chi connectivity index (χ4v) is 3.25. The molecule has 1 aliphatic carbocycles. The van der Waals surface area contributed by atoms with Crippen molar-refractivity contribution in [2.24, 2.45) is 5.92 Å². The summed E-state index contributed by atoms with van der Waals surface area (Å²) in [5.41, 5.74) is 0. The van der Waals surface area contributed by atoms with Crippen molar-refractivity contribution in [3.8, 4) is 0 Å². The molecule has 0 saturated heterocycles. The first-order valence-electron chi connectivity index (χ1n) is 5.29. The van der Waals surface area contributed by atoms with Gasteiger partial charge in [-0.15, -0.1) is 11.3 Å². The molecule has 2 rings (SSSR count). The van der Waals surface area contributed by atoms with Gasteiger partial charge in [-0.05, 0) is 47.7 Å². The molecule has 0 amide bonds. The van der Waals surface area contributed by atoms with Gasteiger partial charge in [0.25, 0.3) is 0 Å². The maximum atomic E-state index is 11.0. The molecule has 1 aromatic rings. The fourth-order valence-electron chi connectivity index (χ4n) is 1.70. The molecule has 1 saturated carbocycles. The Hall–Kier alpha value is -0.390. The van der Waals surface area contributed by atoms with Crippen molar-refractivity contribution >= 4 is 33.2 Å². The van der Waals surface area contributed by atoms with Crippen LogP contribution in [0.25, 0.3) is 0 Å². The number of hydrogen-bond donors (Lipinski definition) is 2. The summed E-state index contributed by atoms with van der Waals surface area (Å²) in [6.07, 6.45) is 2.08. The molecule has 1 fully saturated rings. The van der Waals surface area contributed by atoms with E-state index < -0.39 is 5.97 Å². The van der Waals surface area contributed by atoms with Crippen molar-refractivity contribution in [1.82, 2.24) is 5.32 Å².